The molecule has 0 saturated carbocycles. The van der Waals surface area contributed by atoms with Gasteiger partial charge in [0.25, 0.3) is 5.91 Å². The van der Waals surface area contributed by atoms with Crippen LogP contribution in [0.15, 0.2) is 60.7 Å². The monoisotopic (exact) mass is 383 g/mol. The summed E-state index contributed by atoms with van der Waals surface area (Å²) in [5, 5.41) is 20.5. The predicted molar refractivity (Wildman–Crippen MR) is 113 cm³/mol. The molecule has 29 heavy (non-hydrogen) atoms. The summed E-state index contributed by atoms with van der Waals surface area (Å²) in [6.45, 7) is 2.09. The number of anilines is 2. The van der Waals surface area contributed by atoms with E-state index in [-0.39, 0.29) is 5.91 Å². The first kappa shape index (κ1) is 18.6. The van der Waals surface area contributed by atoms with Crippen molar-refractivity contribution in [2.24, 2.45) is 0 Å². The van der Waals surface area contributed by atoms with Gasteiger partial charge >= 0.3 is 0 Å². The Kier molecular flexibility index (Phi) is 5.48. The number of aromatic nitrogens is 2. The van der Waals surface area contributed by atoms with E-state index in [0.29, 0.717) is 16.8 Å². The molecule has 3 aromatic rings. The largest absolute Gasteiger partial charge is 0.355 e. The van der Waals surface area contributed by atoms with E-state index in [1.165, 1.54) is 19.3 Å². The smallest absolute Gasteiger partial charge is 0.255 e. The van der Waals surface area contributed by atoms with E-state index in [1.54, 1.807) is 24.3 Å². The molecule has 1 N–H and O–H groups in total. The number of nitrogens with zero attached hydrogens (tertiary/aromatic N) is 4. The molecule has 0 bridgehead atoms. The van der Waals surface area contributed by atoms with Gasteiger partial charge in [-0.25, -0.2) is 0 Å². The lowest BCUT2D eigenvalue weighted by atomic mass is 10.1. The van der Waals surface area contributed by atoms with Crippen LogP contribution in [0, 0.1) is 11.3 Å². The molecule has 1 amide bonds. The number of amides is 1. The zero-order valence-electron chi connectivity index (χ0n) is 16.0. The molecule has 4 rings (SSSR count). The summed E-state index contributed by atoms with van der Waals surface area (Å²) in [7, 11) is 0. The summed E-state index contributed by atoms with van der Waals surface area (Å²) >= 11 is 0. The number of nitrogens with one attached hydrogen (secondary N) is 1. The second kappa shape index (κ2) is 8.53. The average Bonchev–Trinajstić information content (AvgIpc) is 2.80. The van der Waals surface area contributed by atoms with Crippen molar-refractivity contribution in [2.45, 2.75) is 19.3 Å². The van der Waals surface area contributed by atoms with Gasteiger partial charge < -0.3 is 10.2 Å². The van der Waals surface area contributed by atoms with Gasteiger partial charge in [0.05, 0.1) is 17.3 Å². The Bertz CT molecular complexity index is 1010. The SMILES string of the molecule is N#Cc1ccc(C(=O)Nc2ccc(-c3ccc(N4CCCCC4)nn3)cc2)cc1. The maximum absolute atomic E-state index is 12.3. The normalized spacial score (nSPS) is 13.6. The van der Waals surface area contributed by atoms with E-state index in [0.717, 1.165) is 30.2 Å². The second-order valence-electron chi connectivity index (χ2n) is 7.05. The first-order chi connectivity index (χ1) is 14.2. The van der Waals surface area contributed by atoms with Crippen LogP contribution < -0.4 is 10.2 Å². The quantitative estimate of drug-likeness (QED) is 0.728. The molecule has 6 nitrogen and oxygen atoms in total. The average molecular weight is 383 g/mol. The molecule has 1 fully saturated rings. The molecular formula is C23H21N5O. The number of piperidine rings is 1. The van der Waals surface area contributed by atoms with Gasteiger partial charge in [-0.1, -0.05) is 12.1 Å². The molecular weight excluding hydrogens is 362 g/mol. The molecule has 0 unspecified atom stereocenters. The molecule has 0 aliphatic carbocycles. The zero-order chi connectivity index (χ0) is 20.1. The van der Waals surface area contributed by atoms with Crippen LogP contribution in [-0.4, -0.2) is 29.2 Å². The number of hydrogen-bond acceptors (Lipinski definition) is 5. The van der Waals surface area contributed by atoms with E-state index < -0.39 is 0 Å². The van der Waals surface area contributed by atoms with Crippen molar-refractivity contribution in [1.82, 2.24) is 10.2 Å². The Morgan fingerprint density at radius 2 is 1.62 bits per heavy atom. The first-order valence-electron chi connectivity index (χ1n) is 9.73. The summed E-state index contributed by atoms with van der Waals surface area (Å²) in [4.78, 5) is 14.6. The first-order valence-corrected chi connectivity index (χ1v) is 9.73. The minimum atomic E-state index is -0.215. The summed E-state index contributed by atoms with van der Waals surface area (Å²) < 4.78 is 0. The summed E-state index contributed by atoms with van der Waals surface area (Å²) in [5.41, 5.74) is 3.47. The Morgan fingerprint density at radius 3 is 2.24 bits per heavy atom. The maximum atomic E-state index is 12.3. The van der Waals surface area contributed by atoms with Gasteiger partial charge in [-0.3, -0.25) is 4.79 Å². The van der Waals surface area contributed by atoms with Crippen LogP contribution in [0.5, 0.6) is 0 Å². The topological polar surface area (TPSA) is 81.9 Å². The fraction of sp³-hybridized carbons (Fsp3) is 0.217. The summed E-state index contributed by atoms with van der Waals surface area (Å²) in [6.07, 6.45) is 3.70. The third kappa shape index (κ3) is 4.41. The lowest BCUT2D eigenvalue weighted by molar-refractivity contribution is 0.102. The third-order valence-corrected chi connectivity index (χ3v) is 5.05. The van der Waals surface area contributed by atoms with E-state index in [1.807, 2.05) is 42.5 Å². The summed E-state index contributed by atoms with van der Waals surface area (Å²) in [6, 6.07) is 20.1. The van der Waals surface area contributed by atoms with E-state index >= 15 is 0 Å². The van der Waals surface area contributed by atoms with Crippen molar-refractivity contribution < 1.29 is 4.79 Å². The molecule has 0 radical (unpaired) electrons. The number of benzene rings is 2. The zero-order valence-corrected chi connectivity index (χ0v) is 16.0. The number of rotatable bonds is 4. The third-order valence-electron chi connectivity index (χ3n) is 5.05. The lowest BCUT2D eigenvalue weighted by Crippen LogP contribution is -2.30. The van der Waals surface area contributed by atoms with Gasteiger partial charge in [0.2, 0.25) is 0 Å². The minimum absolute atomic E-state index is 0.215. The number of hydrogen-bond donors (Lipinski definition) is 1. The fourth-order valence-corrected chi connectivity index (χ4v) is 3.39. The van der Waals surface area contributed by atoms with Crippen molar-refractivity contribution in [3.05, 3.63) is 71.8 Å². The molecule has 1 aromatic heterocycles. The van der Waals surface area contributed by atoms with E-state index in [2.05, 4.69) is 20.4 Å². The molecule has 0 atom stereocenters. The van der Waals surface area contributed by atoms with Crippen LogP contribution in [-0.2, 0) is 0 Å². The Hall–Kier alpha value is -3.72. The van der Waals surface area contributed by atoms with E-state index in [4.69, 9.17) is 5.26 Å². The number of carbonyl (C=O) groups is 1. The van der Waals surface area contributed by atoms with Crippen molar-refractivity contribution in [1.29, 1.82) is 5.26 Å². The van der Waals surface area contributed by atoms with Crippen molar-refractivity contribution in [3.8, 4) is 17.3 Å². The minimum Gasteiger partial charge on any atom is -0.355 e. The molecule has 1 aliphatic rings. The van der Waals surface area contributed by atoms with Crippen LogP contribution in [0.25, 0.3) is 11.3 Å². The van der Waals surface area contributed by atoms with Crippen LogP contribution >= 0.6 is 0 Å². The van der Waals surface area contributed by atoms with Crippen LogP contribution in [0.1, 0.15) is 35.2 Å². The Balaban J connectivity index is 1.42. The molecule has 144 valence electrons. The number of carbonyl (C=O) groups excluding carboxylic acids is 1. The van der Waals surface area contributed by atoms with Crippen molar-refractivity contribution in [2.75, 3.05) is 23.3 Å². The molecule has 0 spiro atoms. The molecule has 2 heterocycles. The maximum Gasteiger partial charge on any atom is 0.255 e. The van der Waals surface area contributed by atoms with Crippen LogP contribution in [0.3, 0.4) is 0 Å². The van der Waals surface area contributed by atoms with Gasteiger partial charge in [0.1, 0.15) is 0 Å². The molecule has 6 heteroatoms. The van der Waals surface area contributed by atoms with E-state index in [9.17, 15) is 4.79 Å². The highest BCUT2D eigenvalue weighted by atomic mass is 16.1. The van der Waals surface area contributed by atoms with Crippen LogP contribution in [0.4, 0.5) is 11.5 Å². The van der Waals surface area contributed by atoms with Gasteiger partial charge in [-0.05, 0) is 67.8 Å². The standard InChI is InChI=1S/C23H21N5O/c24-16-17-4-6-19(7-5-17)23(29)25-20-10-8-18(9-11-20)21-12-13-22(27-26-21)28-14-2-1-3-15-28/h4-13H,1-3,14-15H2,(H,25,29). The molecule has 1 saturated heterocycles. The van der Waals surface area contributed by atoms with Gasteiger partial charge in [-0.2, -0.15) is 5.26 Å². The Morgan fingerprint density at radius 1 is 0.897 bits per heavy atom. The van der Waals surface area contributed by atoms with Gasteiger partial charge in [-0.15, -0.1) is 10.2 Å². The van der Waals surface area contributed by atoms with Gasteiger partial charge in [0.15, 0.2) is 5.82 Å². The van der Waals surface area contributed by atoms with Crippen molar-refractivity contribution in [3.63, 3.8) is 0 Å². The molecule has 2 aromatic carbocycles. The van der Waals surface area contributed by atoms with Crippen molar-refractivity contribution >= 4 is 17.4 Å². The second-order valence-corrected chi connectivity index (χ2v) is 7.05. The van der Waals surface area contributed by atoms with Crippen LogP contribution in [0.2, 0.25) is 0 Å². The number of nitriles is 1. The highest BCUT2D eigenvalue weighted by molar-refractivity contribution is 6.04. The fourth-order valence-electron chi connectivity index (χ4n) is 3.39. The lowest BCUT2D eigenvalue weighted by Gasteiger charge is -2.27. The summed E-state index contributed by atoms with van der Waals surface area (Å²) in [5.74, 6) is 0.715. The highest BCUT2D eigenvalue weighted by Crippen LogP contribution is 2.22. The van der Waals surface area contributed by atoms with Gasteiger partial charge in [0, 0.05) is 29.9 Å². The predicted octanol–water partition coefficient (Wildman–Crippen LogP) is 4.26. The molecule has 1 aliphatic heterocycles. The highest BCUT2D eigenvalue weighted by Gasteiger charge is 2.13. The Labute approximate surface area is 169 Å².